The van der Waals surface area contributed by atoms with Crippen molar-refractivity contribution in [3.63, 3.8) is 0 Å². The van der Waals surface area contributed by atoms with Crippen molar-refractivity contribution in [3.05, 3.63) is 17.0 Å². The van der Waals surface area contributed by atoms with Crippen LogP contribution in [0.2, 0.25) is 0 Å². The zero-order valence-electron chi connectivity index (χ0n) is 7.31. The predicted octanol–water partition coefficient (Wildman–Crippen LogP) is 2.13. The molecule has 1 aromatic heterocycles. The summed E-state index contributed by atoms with van der Waals surface area (Å²) in [6.45, 7) is 1.35. The summed E-state index contributed by atoms with van der Waals surface area (Å²) in [6, 6.07) is 0. The summed E-state index contributed by atoms with van der Waals surface area (Å²) in [7, 11) is 1.31. The SMILES string of the molecule is Cc1c(C(=O)Cl)c(C(F)(F)F)nn1C. The van der Waals surface area contributed by atoms with Gasteiger partial charge in [0.2, 0.25) is 0 Å². The van der Waals surface area contributed by atoms with Crippen LogP contribution in [0.1, 0.15) is 21.7 Å². The molecule has 0 saturated heterocycles. The molecule has 1 heterocycles. The van der Waals surface area contributed by atoms with E-state index in [0.717, 1.165) is 4.68 Å². The molecule has 0 atom stereocenters. The monoisotopic (exact) mass is 226 g/mol. The van der Waals surface area contributed by atoms with Crippen LogP contribution in [0.15, 0.2) is 0 Å². The highest BCUT2D eigenvalue weighted by atomic mass is 35.5. The average molecular weight is 227 g/mol. The highest BCUT2D eigenvalue weighted by Crippen LogP contribution is 2.32. The minimum absolute atomic E-state index is 0.0947. The average Bonchev–Trinajstić information content (AvgIpc) is 2.27. The van der Waals surface area contributed by atoms with Crippen LogP contribution in [0, 0.1) is 6.92 Å². The number of nitrogens with zero attached hydrogens (tertiary/aromatic N) is 2. The van der Waals surface area contributed by atoms with E-state index in [1.165, 1.54) is 14.0 Å². The third-order valence-corrected chi connectivity index (χ3v) is 1.99. The number of carbonyl (C=O) groups is 1. The van der Waals surface area contributed by atoms with Crippen molar-refractivity contribution in [2.75, 3.05) is 0 Å². The number of halogens is 4. The molecule has 1 aromatic rings. The third-order valence-electron chi connectivity index (χ3n) is 1.80. The summed E-state index contributed by atoms with van der Waals surface area (Å²) >= 11 is 5.04. The van der Waals surface area contributed by atoms with Gasteiger partial charge in [0, 0.05) is 12.7 Å². The van der Waals surface area contributed by atoms with Gasteiger partial charge < -0.3 is 0 Å². The highest BCUT2D eigenvalue weighted by molar-refractivity contribution is 6.68. The normalized spacial score (nSPS) is 11.9. The van der Waals surface area contributed by atoms with Crippen LogP contribution in [-0.2, 0) is 13.2 Å². The second kappa shape index (κ2) is 3.27. The van der Waals surface area contributed by atoms with Crippen LogP contribution in [0.3, 0.4) is 0 Å². The summed E-state index contributed by atoms with van der Waals surface area (Å²) in [4.78, 5) is 10.8. The Bertz CT molecular complexity index is 383. The molecule has 0 aliphatic rings. The lowest BCUT2D eigenvalue weighted by molar-refractivity contribution is -0.141. The van der Waals surface area contributed by atoms with Gasteiger partial charge in [-0.2, -0.15) is 18.3 Å². The first-order valence-electron chi connectivity index (χ1n) is 3.55. The van der Waals surface area contributed by atoms with Gasteiger partial charge in [0.05, 0.1) is 5.56 Å². The summed E-state index contributed by atoms with van der Waals surface area (Å²) in [6.07, 6.45) is -4.66. The number of aryl methyl sites for hydroxylation is 1. The van der Waals surface area contributed by atoms with Crippen molar-refractivity contribution in [3.8, 4) is 0 Å². The summed E-state index contributed by atoms with van der Waals surface area (Å²) in [5.41, 5.74) is -1.73. The van der Waals surface area contributed by atoms with E-state index in [4.69, 9.17) is 11.6 Å². The Hall–Kier alpha value is -1.04. The second-order valence-electron chi connectivity index (χ2n) is 2.70. The Morgan fingerprint density at radius 3 is 2.29 bits per heavy atom. The molecule has 0 saturated carbocycles. The standard InChI is InChI=1S/C7H6ClF3N2O/c1-3-4(6(8)14)5(7(9,10)11)12-13(3)2/h1-2H3. The van der Waals surface area contributed by atoms with Crippen LogP contribution in [0.5, 0.6) is 0 Å². The number of carbonyl (C=O) groups excluding carboxylic acids is 1. The number of alkyl halides is 3. The van der Waals surface area contributed by atoms with Crippen molar-refractivity contribution in [1.29, 1.82) is 0 Å². The van der Waals surface area contributed by atoms with Crippen molar-refractivity contribution < 1.29 is 18.0 Å². The molecule has 0 amide bonds. The first kappa shape index (κ1) is 11.0. The fourth-order valence-corrected chi connectivity index (χ4v) is 1.27. The molecule has 0 aromatic carbocycles. The topological polar surface area (TPSA) is 34.9 Å². The fraction of sp³-hybridized carbons (Fsp3) is 0.429. The molecule has 0 bridgehead atoms. The molecule has 0 spiro atoms. The van der Waals surface area contributed by atoms with Gasteiger partial charge in [-0.1, -0.05) is 0 Å². The number of hydrogen-bond acceptors (Lipinski definition) is 2. The Kier molecular flexibility index (Phi) is 2.58. The number of rotatable bonds is 1. The van der Waals surface area contributed by atoms with Crippen LogP contribution in [-0.4, -0.2) is 15.0 Å². The Labute approximate surface area is 82.5 Å². The fourth-order valence-electron chi connectivity index (χ4n) is 1.04. The van der Waals surface area contributed by atoms with E-state index in [1.807, 2.05) is 0 Å². The highest BCUT2D eigenvalue weighted by Gasteiger charge is 2.39. The van der Waals surface area contributed by atoms with Crippen LogP contribution in [0.4, 0.5) is 13.2 Å². The molecule has 0 N–H and O–H groups in total. The van der Waals surface area contributed by atoms with Crippen molar-refractivity contribution in [1.82, 2.24) is 9.78 Å². The largest absolute Gasteiger partial charge is 0.435 e. The lowest BCUT2D eigenvalue weighted by Gasteiger charge is -2.02. The van der Waals surface area contributed by atoms with Gasteiger partial charge in [-0.15, -0.1) is 0 Å². The van der Waals surface area contributed by atoms with Crippen molar-refractivity contribution in [2.45, 2.75) is 13.1 Å². The predicted molar refractivity (Wildman–Crippen MR) is 43.1 cm³/mol. The second-order valence-corrected chi connectivity index (χ2v) is 3.05. The smallest absolute Gasteiger partial charge is 0.275 e. The van der Waals surface area contributed by atoms with Gasteiger partial charge in [-0.25, -0.2) is 0 Å². The van der Waals surface area contributed by atoms with E-state index < -0.39 is 22.7 Å². The molecule has 0 unspecified atom stereocenters. The maximum absolute atomic E-state index is 12.3. The molecule has 1 rings (SSSR count). The van der Waals surface area contributed by atoms with E-state index >= 15 is 0 Å². The molecule has 0 aliphatic heterocycles. The molecule has 14 heavy (non-hydrogen) atoms. The molecule has 0 fully saturated rings. The molecule has 3 nitrogen and oxygen atoms in total. The number of hydrogen-bond donors (Lipinski definition) is 0. The molecule has 0 radical (unpaired) electrons. The third kappa shape index (κ3) is 1.75. The van der Waals surface area contributed by atoms with E-state index in [1.54, 1.807) is 0 Å². The van der Waals surface area contributed by atoms with Gasteiger partial charge >= 0.3 is 6.18 Å². The Morgan fingerprint density at radius 1 is 1.50 bits per heavy atom. The van der Waals surface area contributed by atoms with Crippen LogP contribution >= 0.6 is 11.6 Å². The molecule has 7 heteroatoms. The van der Waals surface area contributed by atoms with Gasteiger partial charge in [-0.05, 0) is 18.5 Å². The Balaban J connectivity index is 3.45. The summed E-state index contributed by atoms with van der Waals surface area (Å²) in [5, 5.41) is 2.04. The minimum Gasteiger partial charge on any atom is -0.275 e. The van der Waals surface area contributed by atoms with Gasteiger partial charge in [0.15, 0.2) is 5.69 Å². The first-order valence-corrected chi connectivity index (χ1v) is 3.93. The van der Waals surface area contributed by atoms with Gasteiger partial charge in [0.1, 0.15) is 0 Å². The minimum atomic E-state index is -4.66. The maximum Gasteiger partial charge on any atom is 0.435 e. The summed E-state index contributed by atoms with van der Waals surface area (Å²) in [5.74, 6) is 0. The first-order chi connectivity index (χ1) is 6.25. The van der Waals surface area contributed by atoms with E-state index in [9.17, 15) is 18.0 Å². The van der Waals surface area contributed by atoms with E-state index in [2.05, 4.69) is 5.10 Å². The van der Waals surface area contributed by atoms with Crippen LogP contribution < -0.4 is 0 Å². The zero-order chi connectivity index (χ0) is 11.1. The lowest BCUT2D eigenvalue weighted by atomic mass is 10.2. The molecular formula is C7H6ClF3N2O. The van der Waals surface area contributed by atoms with E-state index in [0.29, 0.717) is 0 Å². The molecule has 0 aliphatic carbocycles. The van der Waals surface area contributed by atoms with E-state index in [-0.39, 0.29) is 5.69 Å². The Morgan fingerprint density at radius 2 is 2.00 bits per heavy atom. The van der Waals surface area contributed by atoms with Crippen molar-refractivity contribution >= 4 is 16.8 Å². The van der Waals surface area contributed by atoms with Crippen molar-refractivity contribution in [2.24, 2.45) is 7.05 Å². The van der Waals surface area contributed by atoms with Crippen LogP contribution in [0.25, 0.3) is 0 Å². The van der Waals surface area contributed by atoms with Gasteiger partial charge in [0.25, 0.3) is 5.24 Å². The van der Waals surface area contributed by atoms with Gasteiger partial charge in [-0.3, -0.25) is 9.48 Å². The zero-order valence-corrected chi connectivity index (χ0v) is 8.07. The number of aromatic nitrogens is 2. The maximum atomic E-state index is 12.3. The molecular weight excluding hydrogens is 221 g/mol. The quantitative estimate of drug-likeness (QED) is 0.688. The molecule has 78 valence electrons. The lowest BCUT2D eigenvalue weighted by Crippen LogP contribution is -2.10. The summed E-state index contributed by atoms with van der Waals surface area (Å²) < 4.78 is 37.9.